The van der Waals surface area contributed by atoms with Gasteiger partial charge in [-0.05, 0) is 144 Å². The number of ether oxygens (including phenoxy) is 3. The predicted molar refractivity (Wildman–Crippen MR) is 310 cm³/mol. The first-order chi connectivity index (χ1) is 38.0. The molecule has 4 aromatic heterocycles. The van der Waals surface area contributed by atoms with Gasteiger partial charge in [0.25, 0.3) is 0 Å². The number of para-hydroxylation sites is 2. The van der Waals surface area contributed by atoms with Gasteiger partial charge in [0.1, 0.15) is 24.7 Å². The van der Waals surface area contributed by atoms with Crippen LogP contribution in [-0.2, 0) is 53.5 Å². The van der Waals surface area contributed by atoms with E-state index >= 15 is 0 Å². The topological polar surface area (TPSA) is 132 Å². The van der Waals surface area contributed by atoms with Crippen LogP contribution < -0.4 is 9.47 Å². The second-order valence-electron chi connectivity index (χ2n) is 22.0. The molecule has 398 valence electrons. The molecule has 0 unspecified atom stereocenters. The largest absolute Gasteiger partial charge is 0.487 e. The van der Waals surface area contributed by atoms with Crippen LogP contribution in [0.4, 0.5) is 0 Å². The maximum Gasteiger partial charge on any atom is 0.319 e. The number of fused-ring (bicyclic) bond motifs is 4. The summed E-state index contributed by atoms with van der Waals surface area (Å²) in [7, 11) is 0. The molecule has 0 amide bonds. The molecule has 0 bridgehead atoms. The average Bonchev–Trinajstić information content (AvgIpc) is 4.37. The Labute approximate surface area is 468 Å². The standard InChI is InChI=1S/C66H58Cl2N4O7/c1-40(73)60-52-32-50(77-38-48-26-20-43-10-6-8-12-54(43)69-48)28-30-56(52)71(36-41-14-22-46(67)23-15-41)58(60)34-65(2,3)63(75)79-64(76)66(4,5)35-59-61(62(74)45-18-19-45)53-33-51(78-39-49-27-21-44-11-7-9-13-55(44)70-49)29-31-57(53)72(59)37-42-16-24-47(68)25-17-42/h6-17,20-33,45H,18-19,34-39H2,1-5H3. The molecular formula is C66H58Cl2N4O7. The number of Topliss-reactive ketones (excluding diaryl/α,β-unsaturated/α-hetero) is 2. The van der Waals surface area contributed by atoms with Crippen LogP contribution in [0.15, 0.2) is 158 Å². The van der Waals surface area contributed by atoms with Gasteiger partial charge in [-0.2, -0.15) is 0 Å². The number of ketones is 2. The molecule has 79 heavy (non-hydrogen) atoms. The van der Waals surface area contributed by atoms with Crippen LogP contribution in [0.25, 0.3) is 43.6 Å². The van der Waals surface area contributed by atoms with Gasteiger partial charge in [0.2, 0.25) is 0 Å². The zero-order valence-corrected chi connectivity index (χ0v) is 46.2. The summed E-state index contributed by atoms with van der Waals surface area (Å²) < 4.78 is 22.8. The molecule has 0 aliphatic heterocycles. The number of carbonyl (C=O) groups excluding carboxylic acids is 4. The maximum absolute atomic E-state index is 14.7. The van der Waals surface area contributed by atoms with E-state index in [-0.39, 0.29) is 43.5 Å². The first-order valence-electron chi connectivity index (χ1n) is 26.5. The zero-order chi connectivity index (χ0) is 55.2. The molecule has 1 saturated carbocycles. The Morgan fingerprint density at radius 3 is 1.42 bits per heavy atom. The van der Waals surface area contributed by atoms with Crippen molar-refractivity contribution in [1.29, 1.82) is 0 Å². The third-order valence-electron chi connectivity index (χ3n) is 14.9. The second kappa shape index (κ2) is 21.6. The van der Waals surface area contributed by atoms with Crippen molar-refractivity contribution in [3.05, 3.63) is 213 Å². The molecule has 0 spiro atoms. The van der Waals surface area contributed by atoms with Crippen molar-refractivity contribution in [2.45, 2.75) is 86.6 Å². The Bertz CT molecular complexity index is 4020. The van der Waals surface area contributed by atoms with Crippen molar-refractivity contribution >= 4 is 90.3 Å². The van der Waals surface area contributed by atoms with Crippen LogP contribution in [0.1, 0.15) is 102 Å². The van der Waals surface area contributed by atoms with Gasteiger partial charge in [-0.15, -0.1) is 0 Å². The van der Waals surface area contributed by atoms with Gasteiger partial charge in [-0.25, -0.2) is 9.97 Å². The van der Waals surface area contributed by atoms with Crippen LogP contribution in [0.5, 0.6) is 11.5 Å². The highest BCUT2D eigenvalue weighted by Gasteiger charge is 2.42. The van der Waals surface area contributed by atoms with Crippen LogP contribution >= 0.6 is 23.2 Å². The number of pyridine rings is 2. The minimum Gasteiger partial charge on any atom is -0.487 e. The van der Waals surface area contributed by atoms with Gasteiger partial charge in [0.15, 0.2) is 11.6 Å². The third-order valence-corrected chi connectivity index (χ3v) is 15.4. The Kier molecular flexibility index (Phi) is 14.5. The number of rotatable bonds is 19. The molecule has 0 radical (unpaired) electrons. The van der Waals surface area contributed by atoms with E-state index in [1.807, 2.05) is 162 Å². The summed E-state index contributed by atoms with van der Waals surface area (Å²) in [6.45, 7) is 9.59. The highest BCUT2D eigenvalue weighted by molar-refractivity contribution is 6.30. The number of nitrogens with zero attached hydrogens (tertiary/aromatic N) is 4. The summed E-state index contributed by atoms with van der Waals surface area (Å²) in [5, 5.41) is 4.62. The molecule has 11 nitrogen and oxygen atoms in total. The van der Waals surface area contributed by atoms with Gasteiger partial charge >= 0.3 is 11.9 Å². The van der Waals surface area contributed by atoms with E-state index in [9.17, 15) is 19.2 Å². The number of benzene rings is 6. The summed E-state index contributed by atoms with van der Waals surface area (Å²) in [6.07, 6.45) is 1.65. The lowest BCUT2D eigenvalue weighted by Gasteiger charge is -2.28. The molecular weight excluding hydrogens is 1030 g/mol. The minimum absolute atomic E-state index is 0.000427. The Hall–Kier alpha value is -8.12. The molecule has 4 heterocycles. The van der Waals surface area contributed by atoms with Crippen molar-refractivity contribution in [2.75, 3.05) is 0 Å². The number of hydrogen-bond donors (Lipinski definition) is 0. The van der Waals surface area contributed by atoms with E-state index in [1.165, 1.54) is 6.92 Å². The predicted octanol–water partition coefficient (Wildman–Crippen LogP) is 15.0. The van der Waals surface area contributed by atoms with Crippen molar-refractivity contribution in [1.82, 2.24) is 19.1 Å². The Morgan fingerprint density at radius 1 is 0.544 bits per heavy atom. The van der Waals surface area contributed by atoms with Crippen LogP contribution in [0.3, 0.4) is 0 Å². The van der Waals surface area contributed by atoms with Crippen LogP contribution in [0.2, 0.25) is 10.0 Å². The Balaban J connectivity index is 0.893. The lowest BCUT2D eigenvalue weighted by molar-refractivity contribution is -0.172. The molecule has 10 aromatic rings. The van der Waals surface area contributed by atoms with Gasteiger partial charge < -0.3 is 23.3 Å². The normalized spacial score (nSPS) is 12.8. The summed E-state index contributed by atoms with van der Waals surface area (Å²) in [6, 6.07) is 50.2. The third kappa shape index (κ3) is 11.3. The summed E-state index contributed by atoms with van der Waals surface area (Å²) >= 11 is 12.7. The fraction of sp³-hybridized carbons (Fsp3) is 0.242. The summed E-state index contributed by atoms with van der Waals surface area (Å²) in [4.78, 5) is 67.6. The smallest absolute Gasteiger partial charge is 0.319 e. The number of aromatic nitrogens is 4. The van der Waals surface area contributed by atoms with Gasteiger partial charge in [0, 0.05) is 97.0 Å². The summed E-state index contributed by atoms with van der Waals surface area (Å²) in [5.41, 5.74) is 6.25. The SMILES string of the molecule is CC(=O)c1c(CC(C)(C)C(=O)OC(=O)C(C)(C)Cc2c(C(=O)C3CC3)c3cc(OCc4ccc5ccccc5n4)ccc3n2Cc2ccc(Cl)cc2)n(Cc2ccc(Cl)cc2)c2ccc(OCc3ccc4ccccc4n3)cc12. The van der Waals surface area contributed by atoms with E-state index in [1.54, 1.807) is 27.7 Å². The molecule has 13 heteroatoms. The zero-order valence-electron chi connectivity index (χ0n) is 44.6. The molecule has 0 N–H and O–H groups in total. The number of halogens is 2. The van der Waals surface area contributed by atoms with Gasteiger partial charge in [0.05, 0.1) is 33.3 Å². The highest BCUT2D eigenvalue weighted by atomic mass is 35.5. The highest BCUT2D eigenvalue weighted by Crippen LogP contribution is 2.42. The average molecular weight is 1090 g/mol. The molecule has 6 aromatic carbocycles. The number of esters is 2. The lowest BCUT2D eigenvalue weighted by Crippen LogP contribution is -2.38. The van der Waals surface area contributed by atoms with Crippen molar-refractivity contribution in [2.24, 2.45) is 16.7 Å². The second-order valence-corrected chi connectivity index (χ2v) is 22.9. The first-order valence-corrected chi connectivity index (χ1v) is 27.3. The summed E-state index contributed by atoms with van der Waals surface area (Å²) in [5.74, 6) is -0.743. The van der Waals surface area contributed by atoms with E-state index in [2.05, 4.69) is 4.57 Å². The van der Waals surface area contributed by atoms with Crippen LogP contribution in [-0.4, -0.2) is 42.6 Å². The van der Waals surface area contributed by atoms with E-state index < -0.39 is 22.8 Å². The van der Waals surface area contributed by atoms with Crippen molar-refractivity contribution in [3.63, 3.8) is 0 Å². The molecule has 1 fully saturated rings. The fourth-order valence-electron chi connectivity index (χ4n) is 10.5. The lowest BCUT2D eigenvalue weighted by atomic mass is 9.84. The van der Waals surface area contributed by atoms with Gasteiger partial charge in [-0.3, -0.25) is 19.2 Å². The molecule has 0 atom stereocenters. The maximum atomic E-state index is 14.7. The molecule has 11 rings (SSSR count). The monoisotopic (exact) mass is 1090 g/mol. The molecule has 1 aliphatic rings. The fourth-order valence-corrected chi connectivity index (χ4v) is 10.7. The van der Waals surface area contributed by atoms with E-state index in [0.29, 0.717) is 67.9 Å². The molecule has 1 aliphatic carbocycles. The first kappa shape index (κ1) is 52.9. The Morgan fingerprint density at radius 2 is 0.975 bits per heavy atom. The number of carbonyl (C=O) groups is 4. The number of hydrogen-bond acceptors (Lipinski definition) is 9. The van der Waals surface area contributed by atoms with Crippen molar-refractivity contribution < 1.29 is 33.4 Å². The van der Waals surface area contributed by atoms with E-state index in [4.69, 9.17) is 47.4 Å². The minimum atomic E-state index is -1.32. The van der Waals surface area contributed by atoms with Gasteiger partial charge in [-0.1, -0.05) is 96.0 Å². The quantitative estimate of drug-likeness (QED) is 0.0441. The van der Waals surface area contributed by atoms with Crippen LogP contribution in [0, 0.1) is 16.7 Å². The molecule has 0 saturated heterocycles. The van der Waals surface area contributed by atoms with Crippen molar-refractivity contribution in [3.8, 4) is 11.5 Å². The van der Waals surface area contributed by atoms with E-state index in [0.717, 1.165) is 68.2 Å².